The predicted octanol–water partition coefficient (Wildman–Crippen LogP) is 3.43. The molecule has 0 radical (unpaired) electrons. The van der Waals surface area contributed by atoms with Crippen molar-refractivity contribution >= 4 is 27.4 Å². The molecule has 2 heterocycles. The number of aromatic nitrogens is 1. The van der Waals surface area contributed by atoms with Gasteiger partial charge in [0.25, 0.3) is 10.0 Å². The summed E-state index contributed by atoms with van der Waals surface area (Å²) in [4.78, 5) is 4.02. The van der Waals surface area contributed by atoms with Gasteiger partial charge in [0, 0.05) is 6.20 Å². The molecule has 20 heavy (non-hydrogen) atoms. The highest BCUT2D eigenvalue weighted by Crippen LogP contribution is 2.33. The van der Waals surface area contributed by atoms with Gasteiger partial charge in [-0.2, -0.15) is 0 Å². The molecule has 0 bridgehead atoms. The van der Waals surface area contributed by atoms with E-state index in [1.54, 1.807) is 6.07 Å². The summed E-state index contributed by atoms with van der Waals surface area (Å²) in [7, 11) is -3.75. The van der Waals surface area contributed by atoms with E-state index in [4.69, 9.17) is 16.0 Å². The normalized spacial score (nSPS) is 12.4. The third-order valence-electron chi connectivity index (χ3n) is 2.73. The van der Waals surface area contributed by atoms with E-state index in [0.29, 0.717) is 5.02 Å². The number of nitrogens with one attached hydrogen (secondary N) is 1. The Morgan fingerprint density at radius 1 is 1.30 bits per heavy atom. The molecule has 0 aliphatic rings. The van der Waals surface area contributed by atoms with Gasteiger partial charge in [0.05, 0.1) is 11.3 Å². The number of furan rings is 1. The number of halogens is 1. The van der Waals surface area contributed by atoms with Crippen LogP contribution in [0.2, 0.25) is 5.02 Å². The Bertz CT molecular complexity index is 704. The van der Waals surface area contributed by atoms with Crippen LogP contribution in [0.1, 0.15) is 26.3 Å². The number of sulfonamides is 1. The summed E-state index contributed by atoms with van der Waals surface area (Å²) in [5.41, 5.74) is 0.606. The maximum Gasteiger partial charge on any atom is 0.266 e. The Morgan fingerprint density at radius 2 is 2.00 bits per heavy atom. The van der Waals surface area contributed by atoms with Crippen molar-refractivity contribution in [3.8, 4) is 0 Å². The van der Waals surface area contributed by atoms with Crippen LogP contribution in [-0.2, 0) is 15.4 Å². The summed E-state index contributed by atoms with van der Waals surface area (Å²) in [5, 5.41) is 0.298. The Kier molecular flexibility index (Phi) is 3.80. The summed E-state index contributed by atoms with van der Waals surface area (Å²) >= 11 is 6.25. The van der Waals surface area contributed by atoms with E-state index >= 15 is 0 Å². The van der Waals surface area contributed by atoms with Gasteiger partial charge in [-0.1, -0.05) is 32.4 Å². The van der Waals surface area contributed by atoms with E-state index < -0.39 is 10.0 Å². The van der Waals surface area contributed by atoms with Gasteiger partial charge in [-0.05, 0) is 23.1 Å². The molecule has 2 aromatic rings. The van der Waals surface area contributed by atoms with Crippen molar-refractivity contribution in [1.29, 1.82) is 0 Å². The zero-order chi connectivity index (χ0) is 15.0. The molecule has 0 unspecified atom stereocenters. The van der Waals surface area contributed by atoms with Crippen LogP contribution >= 0.6 is 11.6 Å². The molecule has 0 aliphatic carbocycles. The topological polar surface area (TPSA) is 72.2 Å². The molecule has 1 N–H and O–H groups in total. The monoisotopic (exact) mass is 314 g/mol. The van der Waals surface area contributed by atoms with Gasteiger partial charge in [0.1, 0.15) is 11.2 Å². The van der Waals surface area contributed by atoms with Gasteiger partial charge in [0.15, 0.2) is 5.82 Å². The first-order chi connectivity index (χ1) is 9.22. The van der Waals surface area contributed by atoms with Crippen LogP contribution < -0.4 is 4.72 Å². The fourth-order valence-corrected chi connectivity index (χ4v) is 3.13. The molecule has 0 spiro atoms. The van der Waals surface area contributed by atoms with E-state index in [-0.39, 0.29) is 16.1 Å². The van der Waals surface area contributed by atoms with E-state index in [0.717, 1.165) is 11.8 Å². The molecule has 0 aromatic carbocycles. The van der Waals surface area contributed by atoms with Crippen molar-refractivity contribution in [2.45, 2.75) is 31.1 Å². The Balaban J connectivity index is 2.41. The predicted molar refractivity (Wildman–Crippen MR) is 77.5 cm³/mol. The molecule has 2 rings (SSSR count). The molecule has 5 nitrogen and oxygen atoms in total. The van der Waals surface area contributed by atoms with Gasteiger partial charge < -0.3 is 4.42 Å². The van der Waals surface area contributed by atoms with Gasteiger partial charge in [-0.3, -0.25) is 4.72 Å². The summed E-state index contributed by atoms with van der Waals surface area (Å²) in [6.45, 7) is 5.97. The standard InChI is InChI=1S/C13H15ClN2O3S/c1-13(2,3)10-4-6-15-12(11(10)14)16-20(17,18)9-5-7-19-8-9/h4-8H,1-3H3,(H,15,16). The quantitative estimate of drug-likeness (QED) is 0.942. The van der Waals surface area contributed by atoms with Crippen molar-refractivity contribution in [2.75, 3.05) is 4.72 Å². The first kappa shape index (κ1) is 14.9. The van der Waals surface area contributed by atoms with Crippen molar-refractivity contribution in [1.82, 2.24) is 4.98 Å². The number of hydrogen-bond donors (Lipinski definition) is 1. The third kappa shape index (κ3) is 2.96. The highest BCUT2D eigenvalue weighted by Gasteiger charge is 2.23. The fraction of sp³-hybridized carbons (Fsp3) is 0.308. The fourth-order valence-electron chi connectivity index (χ4n) is 1.69. The van der Waals surface area contributed by atoms with Crippen LogP contribution in [0.3, 0.4) is 0 Å². The lowest BCUT2D eigenvalue weighted by Crippen LogP contribution is -2.17. The zero-order valence-electron chi connectivity index (χ0n) is 11.3. The third-order valence-corrected chi connectivity index (χ3v) is 4.43. The number of pyridine rings is 1. The lowest BCUT2D eigenvalue weighted by atomic mass is 9.88. The maximum absolute atomic E-state index is 12.1. The van der Waals surface area contributed by atoms with Crippen molar-refractivity contribution in [3.63, 3.8) is 0 Å². The Hall–Kier alpha value is -1.53. The minimum atomic E-state index is -3.75. The molecular weight excluding hydrogens is 300 g/mol. The molecule has 0 amide bonds. The SMILES string of the molecule is CC(C)(C)c1ccnc(NS(=O)(=O)c2ccoc2)c1Cl. The first-order valence-electron chi connectivity index (χ1n) is 5.92. The van der Waals surface area contributed by atoms with Crippen LogP contribution in [0.15, 0.2) is 40.2 Å². The van der Waals surface area contributed by atoms with E-state index in [9.17, 15) is 8.42 Å². The molecule has 7 heteroatoms. The molecule has 2 aromatic heterocycles. The summed E-state index contributed by atoms with van der Waals surface area (Å²) in [6, 6.07) is 3.13. The second-order valence-electron chi connectivity index (χ2n) is 5.34. The second-order valence-corrected chi connectivity index (χ2v) is 7.40. The van der Waals surface area contributed by atoms with Gasteiger partial charge in [-0.25, -0.2) is 13.4 Å². The highest BCUT2D eigenvalue weighted by molar-refractivity contribution is 7.92. The highest BCUT2D eigenvalue weighted by atomic mass is 35.5. The van der Waals surface area contributed by atoms with Crippen LogP contribution in [0.25, 0.3) is 0 Å². The lowest BCUT2D eigenvalue weighted by molar-refractivity contribution is 0.557. The smallest absolute Gasteiger partial charge is 0.266 e. The van der Waals surface area contributed by atoms with Gasteiger partial charge >= 0.3 is 0 Å². The summed E-state index contributed by atoms with van der Waals surface area (Å²) < 4.78 is 31.4. The molecule has 0 fully saturated rings. The van der Waals surface area contributed by atoms with Crippen LogP contribution in [0.4, 0.5) is 5.82 Å². The number of hydrogen-bond acceptors (Lipinski definition) is 4. The average Bonchev–Trinajstić information content (AvgIpc) is 2.84. The average molecular weight is 315 g/mol. The lowest BCUT2D eigenvalue weighted by Gasteiger charge is -2.21. The Labute approximate surface area is 123 Å². The number of anilines is 1. The first-order valence-corrected chi connectivity index (χ1v) is 7.78. The van der Waals surface area contributed by atoms with E-state index in [1.807, 2.05) is 20.8 Å². The van der Waals surface area contributed by atoms with Crippen molar-refractivity contribution < 1.29 is 12.8 Å². The number of rotatable bonds is 3. The summed E-state index contributed by atoms with van der Waals surface area (Å²) in [5.74, 6) is 0.111. The molecule has 0 saturated carbocycles. The molecular formula is C13H15ClN2O3S. The van der Waals surface area contributed by atoms with E-state index in [1.165, 1.54) is 18.5 Å². The van der Waals surface area contributed by atoms with Crippen LogP contribution in [0.5, 0.6) is 0 Å². The van der Waals surface area contributed by atoms with Crippen LogP contribution in [-0.4, -0.2) is 13.4 Å². The molecule has 0 atom stereocenters. The Morgan fingerprint density at radius 3 is 2.55 bits per heavy atom. The summed E-state index contributed by atoms with van der Waals surface area (Å²) in [6.07, 6.45) is 3.96. The second kappa shape index (κ2) is 5.10. The minimum absolute atomic E-state index is 0.0246. The van der Waals surface area contributed by atoms with Crippen molar-refractivity contribution in [3.05, 3.63) is 41.4 Å². The number of nitrogens with zero attached hydrogens (tertiary/aromatic N) is 1. The van der Waals surface area contributed by atoms with E-state index in [2.05, 4.69) is 9.71 Å². The van der Waals surface area contributed by atoms with Gasteiger partial charge in [-0.15, -0.1) is 0 Å². The molecule has 0 aliphatic heterocycles. The minimum Gasteiger partial charge on any atom is -0.471 e. The van der Waals surface area contributed by atoms with Gasteiger partial charge in [0.2, 0.25) is 0 Å². The van der Waals surface area contributed by atoms with Crippen molar-refractivity contribution in [2.24, 2.45) is 0 Å². The maximum atomic E-state index is 12.1. The van der Waals surface area contributed by atoms with Crippen LogP contribution in [0, 0.1) is 0 Å². The molecule has 108 valence electrons. The zero-order valence-corrected chi connectivity index (χ0v) is 12.9. The molecule has 0 saturated heterocycles. The largest absolute Gasteiger partial charge is 0.471 e.